The molecule has 0 atom stereocenters. The second-order valence-corrected chi connectivity index (χ2v) is 2.45. The molecule has 7 heteroatoms. The first-order chi connectivity index (χ1) is 6.94. The monoisotopic (exact) mass is 220 g/mol. The minimum atomic E-state index is -5.01. The van der Waals surface area contributed by atoms with Crippen molar-refractivity contribution < 1.29 is 22.3 Å². The molecule has 1 aromatic rings. The zero-order valence-corrected chi connectivity index (χ0v) is 7.18. The van der Waals surface area contributed by atoms with Gasteiger partial charge in [0.05, 0.1) is 18.2 Å². The molecule has 3 nitrogen and oxygen atoms in total. The summed E-state index contributed by atoms with van der Waals surface area (Å²) < 4.78 is 51.9. The van der Waals surface area contributed by atoms with Gasteiger partial charge in [0, 0.05) is 6.20 Å². The van der Waals surface area contributed by atoms with Gasteiger partial charge in [-0.25, -0.2) is 4.39 Å². The lowest BCUT2D eigenvalue weighted by molar-refractivity contribution is -0.276. The van der Waals surface area contributed by atoms with Gasteiger partial charge in [0.2, 0.25) is 0 Å². The molecule has 0 unspecified atom stereocenters. The standard InChI is InChI=1S/C8H4F4N2O/c9-5-2-4-14-6(1-3-13)7(5)15-8(10,11)12/h2,4H,1H2. The molecule has 0 fully saturated rings. The van der Waals surface area contributed by atoms with Crippen molar-refractivity contribution in [1.29, 1.82) is 5.26 Å². The summed E-state index contributed by atoms with van der Waals surface area (Å²) in [5, 5.41) is 8.28. The van der Waals surface area contributed by atoms with Crippen LogP contribution in [0, 0.1) is 17.1 Å². The number of rotatable bonds is 2. The lowest BCUT2D eigenvalue weighted by Gasteiger charge is -2.11. The zero-order valence-electron chi connectivity index (χ0n) is 7.18. The van der Waals surface area contributed by atoms with E-state index in [4.69, 9.17) is 5.26 Å². The van der Waals surface area contributed by atoms with Gasteiger partial charge in [0.25, 0.3) is 0 Å². The van der Waals surface area contributed by atoms with E-state index in [9.17, 15) is 17.6 Å². The van der Waals surface area contributed by atoms with E-state index in [1.165, 1.54) is 0 Å². The smallest absolute Gasteiger partial charge is 0.401 e. The first kappa shape index (κ1) is 11.2. The second-order valence-electron chi connectivity index (χ2n) is 2.45. The van der Waals surface area contributed by atoms with Crippen LogP contribution in [0.5, 0.6) is 5.75 Å². The van der Waals surface area contributed by atoms with Crippen molar-refractivity contribution in [2.75, 3.05) is 0 Å². The van der Waals surface area contributed by atoms with Crippen molar-refractivity contribution in [1.82, 2.24) is 4.98 Å². The number of aromatic nitrogens is 1. The predicted molar refractivity (Wildman–Crippen MR) is 40.2 cm³/mol. The molecule has 0 aliphatic carbocycles. The Hall–Kier alpha value is -1.84. The fraction of sp³-hybridized carbons (Fsp3) is 0.250. The molecule has 15 heavy (non-hydrogen) atoms. The number of hydrogen-bond donors (Lipinski definition) is 0. The fourth-order valence-corrected chi connectivity index (χ4v) is 0.889. The number of pyridine rings is 1. The number of hydrogen-bond acceptors (Lipinski definition) is 3. The van der Waals surface area contributed by atoms with Crippen LogP contribution in [0.4, 0.5) is 17.6 Å². The predicted octanol–water partition coefficient (Wildman–Crippen LogP) is 2.19. The van der Waals surface area contributed by atoms with Crippen molar-refractivity contribution in [2.45, 2.75) is 12.8 Å². The van der Waals surface area contributed by atoms with Gasteiger partial charge >= 0.3 is 6.36 Å². The summed E-state index contributed by atoms with van der Waals surface area (Å²) in [5.74, 6) is -2.25. The highest BCUT2D eigenvalue weighted by Gasteiger charge is 2.33. The van der Waals surface area contributed by atoms with E-state index in [1.54, 1.807) is 6.07 Å². The zero-order chi connectivity index (χ0) is 11.5. The van der Waals surface area contributed by atoms with Crippen LogP contribution in [0.2, 0.25) is 0 Å². The highest BCUT2D eigenvalue weighted by molar-refractivity contribution is 5.30. The van der Waals surface area contributed by atoms with Crippen LogP contribution in [-0.4, -0.2) is 11.3 Å². The summed E-state index contributed by atoms with van der Waals surface area (Å²) in [5.41, 5.74) is -0.380. The maximum absolute atomic E-state index is 12.9. The molecular weight excluding hydrogens is 216 g/mol. The highest BCUT2D eigenvalue weighted by Crippen LogP contribution is 2.27. The molecule has 1 aromatic heterocycles. The molecule has 0 saturated heterocycles. The van der Waals surface area contributed by atoms with Gasteiger partial charge in [-0.3, -0.25) is 4.98 Å². The van der Waals surface area contributed by atoms with E-state index in [1.807, 2.05) is 0 Å². The molecule has 0 aliphatic heterocycles. The summed E-state index contributed by atoms with van der Waals surface area (Å²) in [6, 6.07) is 2.29. The third-order valence-electron chi connectivity index (χ3n) is 1.39. The van der Waals surface area contributed by atoms with Crippen LogP contribution < -0.4 is 4.74 Å². The van der Waals surface area contributed by atoms with Gasteiger partial charge < -0.3 is 4.74 Å². The molecule has 80 valence electrons. The van der Waals surface area contributed by atoms with Gasteiger partial charge in [-0.1, -0.05) is 0 Å². The van der Waals surface area contributed by atoms with Crippen molar-refractivity contribution in [3.8, 4) is 11.8 Å². The van der Waals surface area contributed by atoms with E-state index < -0.39 is 24.3 Å². The number of nitriles is 1. The third-order valence-corrected chi connectivity index (χ3v) is 1.39. The van der Waals surface area contributed by atoms with Crippen LogP contribution in [0.3, 0.4) is 0 Å². The Kier molecular flexibility index (Phi) is 3.09. The summed E-state index contributed by atoms with van der Waals surface area (Å²) in [6.07, 6.45) is -4.50. The molecule has 0 aliphatic rings. The average molecular weight is 220 g/mol. The number of nitrogens with zero attached hydrogens (tertiary/aromatic N) is 2. The first-order valence-corrected chi connectivity index (χ1v) is 3.70. The lowest BCUT2D eigenvalue weighted by Crippen LogP contribution is -2.19. The molecule has 0 spiro atoms. The molecule has 0 radical (unpaired) electrons. The molecule has 0 amide bonds. The maximum atomic E-state index is 12.9. The number of ether oxygens (including phenoxy) is 1. The van der Waals surface area contributed by atoms with Gasteiger partial charge in [-0.05, 0) is 6.07 Å². The summed E-state index contributed by atoms with van der Waals surface area (Å²) in [6.45, 7) is 0. The molecule has 0 bridgehead atoms. The van der Waals surface area contributed by atoms with Gasteiger partial charge in [0.1, 0.15) is 0 Å². The van der Waals surface area contributed by atoms with E-state index in [-0.39, 0.29) is 5.69 Å². The Bertz CT molecular complexity index is 397. The molecular formula is C8H4F4N2O. The van der Waals surface area contributed by atoms with Crippen molar-refractivity contribution in [3.05, 3.63) is 23.8 Å². The van der Waals surface area contributed by atoms with Crippen molar-refractivity contribution >= 4 is 0 Å². The Morgan fingerprint density at radius 2 is 2.13 bits per heavy atom. The van der Waals surface area contributed by atoms with Crippen LogP contribution in [0.25, 0.3) is 0 Å². The van der Waals surface area contributed by atoms with E-state index in [0.717, 1.165) is 12.3 Å². The van der Waals surface area contributed by atoms with E-state index >= 15 is 0 Å². The van der Waals surface area contributed by atoms with Crippen molar-refractivity contribution in [3.63, 3.8) is 0 Å². The van der Waals surface area contributed by atoms with Crippen LogP contribution in [-0.2, 0) is 6.42 Å². The summed E-state index contributed by atoms with van der Waals surface area (Å²) >= 11 is 0. The lowest BCUT2D eigenvalue weighted by atomic mass is 10.2. The summed E-state index contributed by atoms with van der Waals surface area (Å²) in [7, 11) is 0. The van der Waals surface area contributed by atoms with Crippen LogP contribution >= 0.6 is 0 Å². The number of halogens is 4. The Labute approximate surface area is 81.9 Å². The highest BCUT2D eigenvalue weighted by atomic mass is 19.4. The fourth-order valence-electron chi connectivity index (χ4n) is 0.889. The Balaban J connectivity index is 3.09. The van der Waals surface area contributed by atoms with Gasteiger partial charge in [-0.2, -0.15) is 5.26 Å². The van der Waals surface area contributed by atoms with Crippen molar-refractivity contribution in [2.24, 2.45) is 0 Å². The van der Waals surface area contributed by atoms with Crippen LogP contribution in [0.1, 0.15) is 5.69 Å². The average Bonchev–Trinajstić information content (AvgIpc) is 2.10. The minimum absolute atomic E-state index is 0.380. The Morgan fingerprint density at radius 1 is 1.47 bits per heavy atom. The Morgan fingerprint density at radius 3 is 2.67 bits per heavy atom. The maximum Gasteiger partial charge on any atom is 0.573 e. The van der Waals surface area contributed by atoms with Crippen LogP contribution in [0.15, 0.2) is 12.3 Å². The topological polar surface area (TPSA) is 45.9 Å². The van der Waals surface area contributed by atoms with Gasteiger partial charge in [0.15, 0.2) is 11.6 Å². The van der Waals surface area contributed by atoms with Gasteiger partial charge in [-0.15, -0.1) is 13.2 Å². The normalized spacial score (nSPS) is 10.9. The second kappa shape index (κ2) is 4.13. The van der Waals surface area contributed by atoms with E-state index in [2.05, 4.69) is 9.72 Å². The molecule has 1 rings (SSSR count). The first-order valence-electron chi connectivity index (χ1n) is 3.70. The largest absolute Gasteiger partial charge is 0.573 e. The molecule has 0 saturated carbocycles. The minimum Gasteiger partial charge on any atom is -0.401 e. The molecule has 0 N–H and O–H groups in total. The quantitative estimate of drug-likeness (QED) is 0.717. The van der Waals surface area contributed by atoms with E-state index in [0.29, 0.717) is 0 Å². The number of alkyl halides is 3. The molecule has 1 heterocycles. The third kappa shape index (κ3) is 3.09. The SMILES string of the molecule is N#CCc1nccc(F)c1OC(F)(F)F. The molecule has 0 aromatic carbocycles. The summed E-state index contributed by atoms with van der Waals surface area (Å²) in [4.78, 5) is 3.43.